The zero-order chi connectivity index (χ0) is 28.6. The molecule has 0 saturated carbocycles. The molecule has 1 aromatic heterocycles. The SMILES string of the molecule is CC(C)C(N)C(=O)OCOc1c2n(ncc1=O)C(C1c3ccccc3CCc3ccccc31)CN(C(C)C)C2=O. The first-order valence-corrected chi connectivity index (χ1v) is 13.8. The van der Waals surface area contributed by atoms with E-state index in [1.165, 1.54) is 28.5 Å². The molecule has 0 fully saturated rings. The average Bonchev–Trinajstić information content (AvgIpc) is 3.10. The van der Waals surface area contributed by atoms with Crippen LogP contribution in [0.3, 0.4) is 0 Å². The maximum absolute atomic E-state index is 13.8. The van der Waals surface area contributed by atoms with Crippen LogP contribution in [0.1, 0.15) is 72.4 Å². The van der Waals surface area contributed by atoms with Crippen LogP contribution in [0.4, 0.5) is 0 Å². The monoisotopic (exact) mass is 544 g/mol. The summed E-state index contributed by atoms with van der Waals surface area (Å²) in [5, 5.41) is 4.50. The molecule has 0 spiro atoms. The van der Waals surface area contributed by atoms with Crippen LogP contribution in [-0.4, -0.2) is 52.0 Å². The lowest BCUT2D eigenvalue weighted by Gasteiger charge is -2.41. The lowest BCUT2D eigenvalue weighted by atomic mass is 9.81. The van der Waals surface area contributed by atoms with Gasteiger partial charge in [0.25, 0.3) is 5.91 Å². The number of esters is 1. The van der Waals surface area contributed by atoms with Gasteiger partial charge in [-0.25, -0.2) is 0 Å². The number of hydrogen-bond donors (Lipinski definition) is 1. The maximum Gasteiger partial charge on any atom is 0.326 e. The molecule has 9 nitrogen and oxygen atoms in total. The summed E-state index contributed by atoms with van der Waals surface area (Å²) in [5.41, 5.74) is 10.2. The zero-order valence-corrected chi connectivity index (χ0v) is 23.4. The van der Waals surface area contributed by atoms with E-state index in [2.05, 4.69) is 41.5 Å². The van der Waals surface area contributed by atoms with E-state index in [-0.39, 0.29) is 41.3 Å². The molecule has 0 saturated heterocycles. The number of fused-ring (bicyclic) bond motifs is 3. The summed E-state index contributed by atoms with van der Waals surface area (Å²) in [6, 6.07) is 15.5. The van der Waals surface area contributed by atoms with E-state index in [1.807, 2.05) is 39.8 Å². The topological polar surface area (TPSA) is 117 Å². The molecule has 1 aliphatic carbocycles. The summed E-state index contributed by atoms with van der Waals surface area (Å²) in [6.07, 6.45) is 2.98. The van der Waals surface area contributed by atoms with Gasteiger partial charge in [0.2, 0.25) is 18.0 Å². The number of rotatable bonds is 7. The third-order valence-corrected chi connectivity index (χ3v) is 7.98. The number of aromatic nitrogens is 2. The van der Waals surface area contributed by atoms with Crippen molar-refractivity contribution in [1.82, 2.24) is 14.7 Å². The summed E-state index contributed by atoms with van der Waals surface area (Å²) in [7, 11) is 0. The number of nitrogens with two attached hydrogens (primary N) is 1. The molecule has 0 radical (unpaired) electrons. The summed E-state index contributed by atoms with van der Waals surface area (Å²) >= 11 is 0. The van der Waals surface area contributed by atoms with Crippen LogP contribution in [0.25, 0.3) is 0 Å². The molecule has 3 aromatic rings. The van der Waals surface area contributed by atoms with E-state index in [9.17, 15) is 14.4 Å². The average molecular weight is 545 g/mol. The number of nitrogens with zero attached hydrogens (tertiary/aromatic N) is 3. The first-order chi connectivity index (χ1) is 19.2. The van der Waals surface area contributed by atoms with Crippen LogP contribution in [0.2, 0.25) is 0 Å². The fourth-order valence-electron chi connectivity index (χ4n) is 5.72. The van der Waals surface area contributed by atoms with Crippen LogP contribution in [0.15, 0.2) is 59.5 Å². The Kier molecular flexibility index (Phi) is 7.76. The molecule has 2 aliphatic rings. The number of amides is 1. The standard InChI is InChI=1S/C31H36N4O5/c1-18(2)27(32)31(38)40-17-39-29-25(36)15-33-35-24(16-34(19(3)4)30(37)28(29)35)26-22-11-7-5-9-20(22)13-14-21-10-6-8-12-23(21)26/h5-12,15,18-19,24,26-27H,13-14,16-17,32H2,1-4H3. The third-order valence-electron chi connectivity index (χ3n) is 7.98. The second-order valence-corrected chi connectivity index (χ2v) is 11.1. The predicted octanol–water partition coefficient (Wildman–Crippen LogP) is 3.44. The van der Waals surface area contributed by atoms with Gasteiger partial charge in [-0.05, 0) is 54.9 Å². The second kappa shape index (κ2) is 11.3. The van der Waals surface area contributed by atoms with Crippen molar-refractivity contribution >= 4 is 11.9 Å². The lowest BCUT2D eigenvalue weighted by molar-refractivity contribution is -0.152. The number of hydrogen-bond acceptors (Lipinski definition) is 7. The second-order valence-electron chi connectivity index (χ2n) is 11.1. The van der Waals surface area contributed by atoms with Crippen molar-refractivity contribution < 1.29 is 19.1 Å². The third kappa shape index (κ3) is 5.01. The zero-order valence-electron chi connectivity index (χ0n) is 23.4. The smallest absolute Gasteiger partial charge is 0.326 e. The van der Waals surface area contributed by atoms with Gasteiger partial charge in [0.15, 0.2) is 5.69 Å². The van der Waals surface area contributed by atoms with Crippen molar-refractivity contribution in [2.24, 2.45) is 11.7 Å². The van der Waals surface area contributed by atoms with E-state index in [0.29, 0.717) is 6.54 Å². The van der Waals surface area contributed by atoms with Gasteiger partial charge in [-0.2, -0.15) is 5.10 Å². The van der Waals surface area contributed by atoms with Gasteiger partial charge < -0.3 is 20.1 Å². The maximum atomic E-state index is 13.8. The van der Waals surface area contributed by atoms with Crippen molar-refractivity contribution in [2.45, 2.75) is 64.6 Å². The molecular weight excluding hydrogens is 508 g/mol. The van der Waals surface area contributed by atoms with E-state index in [0.717, 1.165) is 12.8 Å². The highest BCUT2D eigenvalue weighted by molar-refractivity contribution is 5.96. The van der Waals surface area contributed by atoms with E-state index >= 15 is 0 Å². The molecule has 0 bridgehead atoms. The molecule has 5 rings (SSSR count). The molecule has 2 aromatic carbocycles. The van der Waals surface area contributed by atoms with Crippen molar-refractivity contribution in [2.75, 3.05) is 13.3 Å². The quantitative estimate of drug-likeness (QED) is 0.358. The fraction of sp³-hybridized carbons (Fsp3) is 0.419. The predicted molar refractivity (Wildman–Crippen MR) is 150 cm³/mol. The highest BCUT2D eigenvalue weighted by atomic mass is 16.7. The van der Waals surface area contributed by atoms with Gasteiger partial charge in [0.1, 0.15) is 6.04 Å². The van der Waals surface area contributed by atoms with Crippen molar-refractivity contribution in [3.05, 3.63) is 92.9 Å². The number of benzene rings is 2. The van der Waals surface area contributed by atoms with Crippen molar-refractivity contribution in [1.29, 1.82) is 0 Å². The molecule has 1 aliphatic heterocycles. The Labute approximate surface area is 233 Å². The highest BCUT2D eigenvalue weighted by Crippen LogP contribution is 2.44. The molecule has 2 unspecified atom stereocenters. The number of carbonyl (C=O) groups is 2. The Balaban J connectivity index is 1.62. The first kappa shape index (κ1) is 27.6. The number of aryl methyl sites for hydroxylation is 2. The minimum Gasteiger partial charge on any atom is -0.451 e. The minimum atomic E-state index is -0.825. The van der Waals surface area contributed by atoms with E-state index < -0.39 is 24.2 Å². The van der Waals surface area contributed by atoms with Crippen molar-refractivity contribution in [3.8, 4) is 5.75 Å². The Morgan fingerprint density at radius 2 is 1.60 bits per heavy atom. The van der Waals surface area contributed by atoms with E-state index in [4.69, 9.17) is 15.2 Å². The summed E-state index contributed by atoms with van der Waals surface area (Å²) in [5.74, 6) is -1.42. The largest absolute Gasteiger partial charge is 0.451 e. The normalized spacial score (nSPS) is 17.6. The number of ether oxygens (including phenoxy) is 2. The Bertz CT molecular complexity index is 1430. The van der Waals surface area contributed by atoms with Crippen molar-refractivity contribution in [3.63, 3.8) is 0 Å². The Morgan fingerprint density at radius 3 is 2.17 bits per heavy atom. The van der Waals surface area contributed by atoms with Crippen LogP contribution >= 0.6 is 0 Å². The van der Waals surface area contributed by atoms with Gasteiger partial charge in [-0.3, -0.25) is 19.1 Å². The summed E-state index contributed by atoms with van der Waals surface area (Å²) < 4.78 is 12.6. The molecule has 40 heavy (non-hydrogen) atoms. The summed E-state index contributed by atoms with van der Waals surface area (Å²) in [4.78, 5) is 40.9. The molecule has 2 N–H and O–H groups in total. The van der Waals surface area contributed by atoms with Gasteiger partial charge in [-0.15, -0.1) is 0 Å². The van der Waals surface area contributed by atoms with E-state index in [1.54, 1.807) is 9.58 Å². The van der Waals surface area contributed by atoms with Gasteiger partial charge in [0.05, 0.1) is 12.2 Å². The molecular formula is C31H36N4O5. The molecule has 1 amide bonds. The molecule has 2 atom stereocenters. The molecule has 210 valence electrons. The lowest BCUT2D eigenvalue weighted by Crippen LogP contribution is -2.50. The van der Waals surface area contributed by atoms with Gasteiger partial charge in [0, 0.05) is 18.5 Å². The van der Waals surface area contributed by atoms with Gasteiger partial charge >= 0.3 is 5.97 Å². The summed E-state index contributed by atoms with van der Waals surface area (Å²) in [6.45, 7) is 7.38. The van der Waals surface area contributed by atoms with Gasteiger partial charge in [-0.1, -0.05) is 62.4 Å². The Morgan fingerprint density at radius 1 is 1.00 bits per heavy atom. The minimum absolute atomic E-state index is 0.0564. The number of carbonyl (C=O) groups excluding carboxylic acids is 2. The van der Waals surface area contributed by atoms with Crippen LogP contribution in [0.5, 0.6) is 5.75 Å². The first-order valence-electron chi connectivity index (χ1n) is 13.8. The molecule has 9 heteroatoms. The van der Waals surface area contributed by atoms with Crippen LogP contribution in [0, 0.1) is 5.92 Å². The highest BCUT2D eigenvalue weighted by Gasteiger charge is 2.42. The van der Waals surface area contributed by atoms with Crippen LogP contribution in [-0.2, 0) is 22.4 Å². The fourth-order valence-corrected chi connectivity index (χ4v) is 5.72. The Hall–Kier alpha value is -3.98. The molecule has 2 heterocycles. The van der Waals surface area contributed by atoms with Crippen LogP contribution < -0.4 is 15.9 Å².